The fraction of sp³-hybridized carbons (Fsp3) is 0.571. The largest absolute Gasteiger partial charge is 0.391 e. The fourth-order valence-electron chi connectivity index (χ4n) is 2.65. The van der Waals surface area contributed by atoms with Crippen LogP contribution >= 0.6 is 0 Å². The van der Waals surface area contributed by atoms with Gasteiger partial charge in [0.25, 0.3) is 5.56 Å². The van der Waals surface area contributed by atoms with Crippen molar-refractivity contribution in [3.8, 4) is 0 Å². The summed E-state index contributed by atoms with van der Waals surface area (Å²) in [5.41, 5.74) is 5.61. The van der Waals surface area contributed by atoms with E-state index in [-0.39, 0.29) is 17.4 Å². The Hall–Kier alpha value is -1.90. The first-order valence-corrected chi connectivity index (χ1v) is 7.06. The van der Waals surface area contributed by atoms with Gasteiger partial charge in [-0.25, -0.2) is 0 Å². The van der Waals surface area contributed by atoms with Crippen molar-refractivity contribution < 1.29 is 14.9 Å². The molecule has 22 heavy (non-hydrogen) atoms. The Labute approximate surface area is 128 Å². The van der Waals surface area contributed by atoms with Crippen molar-refractivity contribution in [1.82, 2.24) is 9.97 Å². The van der Waals surface area contributed by atoms with Gasteiger partial charge in [-0.15, -0.1) is 0 Å². The number of anilines is 2. The molecule has 1 aromatic heterocycles. The maximum Gasteiger partial charge on any atom is 0.257 e. The van der Waals surface area contributed by atoms with Gasteiger partial charge >= 0.3 is 0 Å². The summed E-state index contributed by atoms with van der Waals surface area (Å²) < 4.78 is 5.75. The van der Waals surface area contributed by atoms with Crippen molar-refractivity contribution in [3.05, 3.63) is 28.7 Å². The Morgan fingerprint density at radius 3 is 2.73 bits per heavy atom. The zero-order valence-electron chi connectivity index (χ0n) is 12.9. The van der Waals surface area contributed by atoms with Gasteiger partial charge in [0.2, 0.25) is 5.95 Å². The molecule has 1 aliphatic heterocycles. The molecule has 1 aliphatic rings. The number of rotatable bonds is 4. The SMILES string of the molecule is C=CN(c1nc(N)[nH]c(=O)c1C)[C@@H]1O[C@H]([C@H](C)O)[C@@H](O)[C@H]1C. The predicted octanol–water partition coefficient (Wildman–Crippen LogP) is -0.287. The Balaban J connectivity index is 2.42. The minimum absolute atomic E-state index is 0.0178. The van der Waals surface area contributed by atoms with Gasteiger partial charge in [0.05, 0.1) is 17.8 Å². The Bertz CT molecular complexity index is 615. The number of aliphatic hydroxyl groups is 2. The molecule has 8 nitrogen and oxygen atoms in total. The van der Waals surface area contributed by atoms with Gasteiger partial charge in [0.1, 0.15) is 18.1 Å². The second-order valence-electron chi connectivity index (χ2n) is 5.57. The van der Waals surface area contributed by atoms with E-state index in [0.717, 1.165) is 0 Å². The number of H-pyrrole nitrogens is 1. The number of hydrogen-bond acceptors (Lipinski definition) is 7. The number of nitrogen functional groups attached to an aromatic ring is 1. The molecule has 2 heterocycles. The van der Waals surface area contributed by atoms with Crippen LogP contribution in [-0.4, -0.2) is 44.7 Å². The quantitative estimate of drug-likeness (QED) is 0.602. The lowest BCUT2D eigenvalue weighted by atomic mass is 9.99. The van der Waals surface area contributed by atoms with Gasteiger partial charge in [-0.05, 0) is 13.8 Å². The predicted molar refractivity (Wildman–Crippen MR) is 82.2 cm³/mol. The van der Waals surface area contributed by atoms with E-state index in [2.05, 4.69) is 16.5 Å². The number of nitrogens with one attached hydrogen (secondary N) is 1. The highest BCUT2D eigenvalue weighted by Crippen LogP contribution is 2.33. The second-order valence-corrected chi connectivity index (χ2v) is 5.57. The van der Waals surface area contributed by atoms with Gasteiger partial charge in [-0.2, -0.15) is 4.98 Å². The summed E-state index contributed by atoms with van der Waals surface area (Å²) in [5, 5.41) is 19.9. The van der Waals surface area contributed by atoms with E-state index in [9.17, 15) is 15.0 Å². The molecule has 0 saturated carbocycles. The summed E-state index contributed by atoms with van der Waals surface area (Å²) in [6, 6.07) is 0. The van der Waals surface area contributed by atoms with Gasteiger partial charge in [-0.1, -0.05) is 13.5 Å². The van der Waals surface area contributed by atoms with Crippen LogP contribution in [0.4, 0.5) is 11.8 Å². The smallest absolute Gasteiger partial charge is 0.257 e. The molecule has 1 aromatic rings. The average molecular weight is 310 g/mol. The van der Waals surface area contributed by atoms with E-state index >= 15 is 0 Å². The summed E-state index contributed by atoms with van der Waals surface area (Å²) in [7, 11) is 0. The van der Waals surface area contributed by atoms with Crippen molar-refractivity contribution in [3.63, 3.8) is 0 Å². The average Bonchev–Trinajstić information content (AvgIpc) is 2.73. The summed E-state index contributed by atoms with van der Waals surface area (Å²) in [4.78, 5) is 19.9. The van der Waals surface area contributed by atoms with Crippen molar-refractivity contribution >= 4 is 11.8 Å². The van der Waals surface area contributed by atoms with Gasteiger partial charge < -0.3 is 25.6 Å². The zero-order chi connectivity index (χ0) is 16.6. The van der Waals surface area contributed by atoms with Gasteiger partial charge in [0.15, 0.2) is 0 Å². The molecule has 0 bridgehead atoms. The van der Waals surface area contributed by atoms with Crippen LogP contribution in [0.5, 0.6) is 0 Å². The lowest BCUT2D eigenvalue weighted by Gasteiger charge is -2.29. The topological polar surface area (TPSA) is 125 Å². The van der Waals surface area contributed by atoms with E-state index < -0.39 is 24.5 Å². The Morgan fingerprint density at radius 1 is 1.59 bits per heavy atom. The summed E-state index contributed by atoms with van der Waals surface area (Å²) in [6.07, 6.45) is -1.53. The molecule has 0 aliphatic carbocycles. The summed E-state index contributed by atoms with van der Waals surface area (Å²) in [6.45, 7) is 8.67. The molecule has 8 heteroatoms. The fourth-order valence-corrected chi connectivity index (χ4v) is 2.65. The van der Waals surface area contributed by atoms with E-state index in [1.54, 1.807) is 25.7 Å². The van der Waals surface area contributed by atoms with Crippen LogP contribution in [0.3, 0.4) is 0 Å². The molecule has 0 aromatic carbocycles. The van der Waals surface area contributed by atoms with Crippen LogP contribution < -0.4 is 16.2 Å². The number of hydrogen-bond donors (Lipinski definition) is 4. The summed E-state index contributed by atoms with van der Waals surface area (Å²) in [5.74, 6) is -0.0263. The molecule has 1 saturated heterocycles. The third-order valence-corrected chi connectivity index (χ3v) is 3.96. The Morgan fingerprint density at radius 2 is 2.23 bits per heavy atom. The zero-order valence-corrected chi connectivity index (χ0v) is 12.9. The molecule has 0 radical (unpaired) electrons. The maximum atomic E-state index is 11.8. The normalized spacial score (nSPS) is 29.3. The van der Waals surface area contributed by atoms with Crippen molar-refractivity contribution in [2.45, 2.75) is 45.3 Å². The summed E-state index contributed by atoms with van der Waals surface area (Å²) >= 11 is 0. The monoisotopic (exact) mass is 310 g/mol. The van der Waals surface area contributed by atoms with Crippen LogP contribution in [0, 0.1) is 12.8 Å². The van der Waals surface area contributed by atoms with Crippen LogP contribution in [0.25, 0.3) is 0 Å². The minimum atomic E-state index is -0.841. The van der Waals surface area contributed by atoms with Crippen LogP contribution in [0.15, 0.2) is 17.6 Å². The number of nitrogens with two attached hydrogens (primary N) is 1. The first-order chi connectivity index (χ1) is 10.3. The van der Waals surface area contributed by atoms with Crippen molar-refractivity contribution in [2.75, 3.05) is 10.6 Å². The number of ether oxygens (including phenoxy) is 1. The molecule has 5 atom stereocenters. The number of aromatic nitrogens is 2. The van der Waals surface area contributed by atoms with Gasteiger partial charge in [-0.3, -0.25) is 9.78 Å². The lowest BCUT2D eigenvalue weighted by Crippen LogP contribution is -2.38. The molecule has 2 rings (SSSR count). The van der Waals surface area contributed by atoms with E-state index in [0.29, 0.717) is 11.4 Å². The lowest BCUT2D eigenvalue weighted by molar-refractivity contribution is -0.0568. The number of aromatic amines is 1. The number of nitrogens with zero attached hydrogens (tertiary/aromatic N) is 2. The van der Waals surface area contributed by atoms with Crippen molar-refractivity contribution in [1.29, 1.82) is 0 Å². The third kappa shape index (κ3) is 2.72. The Kier molecular flexibility index (Phi) is 4.55. The van der Waals surface area contributed by atoms with Crippen LogP contribution in [-0.2, 0) is 4.74 Å². The molecule has 0 amide bonds. The molecule has 0 unspecified atom stereocenters. The first-order valence-electron chi connectivity index (χ1n) is 7.06. The minimum Gasteiger partial charge on any atom is -0.391 e. The van der Waals surface area contributed by atoms with E-state index in [4.69, 9.17) is 10.5 Å². The molecule has 122 valence electrons. The highest BCUT2D eigenvalue weighted by Gasteiger charge is 2.45. The van der Waals surface area contributed by atoms with E-state index in [1.807, 2.05) is 0 Å². The first kappa shape index (κ1) is 16.5. The second kappa shape index (κ2) is 6.07. The maximum absolute atomic E-state index is 11.8. The van der Waals surface area contributed by atoms with E-state index in [1.165, 1.54) is 6.20 Å². The highest BCUT2D eigenvalue weighted by atomic mass is 16.5. The van der Waals surface area contributed by atoms with Gasteiger partial charge in [0, 0.05) is 12.1 Å². The standard InChI is InChI=1S/C14H22N4O4/c1-5-18(11-7(3)12(21)17-14(15)16-11)13-6(2)9(20)10(22-13)8(4)19/h5-6,8-10,13,19-20H,1H2,2-4H3,(H3,15,16,17,21)/t6-,8+,9+,10-,13-/m1/s1. The third-order valence-electron chi connectivity index (χ3n) is 3.96. The molecular formula is C14H22N4O4. The van der Waals surface area contributed by atoms with Crippen molar-refractivity contribution in [2.24, 2.45) is 5.92 Å². The molecule has 0 spiro atoms. The highest BCUT2D eigenvalue weighted by molar-refractivity contribution is 5.51. The number of aliphatic hydroxyl groups excluding tert-OH is 2. The van der Waals surface area contributed by atoms with Crippen LogP contribution in [0.2, 0.25) is 0 Å². The molecule has 1 fully saturated rings. The van der Waals surface area contributed by atoms with Crippen LogP contribution in [0.1, 0.15) is 19.4 Å². The molecular weight excluding hydrogens is 288 g/mol. The molecule has 5 N–H and O–H groups in total.